The molecule has 4 nitrogen and oxygen atoms in total. The summed E-state index contributed by atoms with van der Waals surface area (Å²) in [5, 5.41) is 1.12. The molecule has 1 heterocycles. The Hall–Kier alpha value is -1.81. The highest BCUT2D eigenvalue weighted by molar-refractivity contribution is 6.43. The number of ketones is 1. The molecule has 0 atom stereocenters. The number of aromatic amines is 1. The number of carbonyl (C=O) groups excluding carboxylic acids is 2. The molecule has 0 saturated carbocycles. The monoisotopic (exact) mass is 267 g/mol. The van der Waals surface area contributed by atoms with Gasteiger partial charge in [0, 0.05) is 22.1 Å². The molecule has 0 bridgehead atoms. The van der Waals surface area contributed by atoms with E-state index >= 15 is 0 Å². The van der Waals surface area contributed by atoms with Gasteiger partial charge in [-0.05, 0) is 18.2 Å². The van der Waals surface area contributed by atoms with Gasteiger partial charge in [0.1, 0.15) is 0 Å². The average molecular weight is 268 g/mol. The molecule has 0 radical (unpaired) electrons. The summed E-state index contributed by atoms with van der Waals surface area (Å²) < 4.78 is 4.38. The van der Waals surface area contributed by atoms with Crippen molar-refractivity contribution in [2.45, 2.75) is 13.8 Å². The Morgan fingerprint density at radius 2 is 1.94 bits per heavy atom. The first-order valence-electron chi connectivity index (χ1n) is 5.52. The molecule has 0 aliphatic carbocycles. The molecule has 5 heteroatoms. The maximum atomic E-state index is 11.6. The van der Waals surface area contributed by atoms with Gasteiger partial charge in [0.15, 0.2) is 0 Å². The largest absolute Gasteiger partial charge is 0.463 e. The number of hydrogen-bond acceptors (Lipinski definition) is 3. The molecule has 0 unspecified atom stereocenters. The van der Waals surface area contributed by atoms with Crippen molar-refractivity contribution in [3.8, 4) is 0 Å². The number of Topliss-reactive ketones (excluding diaryl/α,β-unsaturated/α-hetero) is 1. The molecule has 0 amide bonds. The van der Waals surface area contributed by atoms with E-state index in [2.05, 4.69) is 9.72 Å². The number of rotatable bonds is 2. The lowest BCUT2D eigenvalue weighted by molar-refractivity contribution is -0.135. The van der Waals surface area contributed by atoms with Gasteiger partial charge in [-0.2, -0.15) is 0 Å². The smallest absolute Gasteiger partial charge is 0.379 e. The zero-order valence-electron chi connectivity index (χ0n) is 10.4. The Bertz CT molecular complexity index is 575. The number of carbonyl (C=O) groups is 2. The first kappa shape index (κ1) is 14.3. The van der Waals surface area contributed by atoms with E-state index < -0.39 is 11.8 Å². The van der Waals surface area contributed by atoms with Crippen LogP contribution in [-0.2, 0) is 9.53 Å². The number of ether oxygens (including phenoxy) is 1. The summed E-state index contributed by atoms with van der Waals surface area (Å²) in [5.74, 6) is -1.57. The molecule has 0 aliphatic heterocycles. The standard InChI is InChI=1S/C11H8ClNO3.C2H6/c1-16-11(15)10(14)8-5-13-9-3-2-6(12)4-7(8)9;1-2/h2-5,13H,1H3;1-2H3. The van der Waals surface area contributed by atoms with Gasteiger partial charge in [-0.25, -0.2) is 4.79 Å². The first-order valence-corrected chi connectivity index (χ1v) is 5.90. The van der Waals surface area contributed by atoms with Crippen LogP contribution in [0.3, 0.4) is 0 Å². The summed E-state index contributed by atoms with van der Waals surface area (Å²) in [6.07, 6.45) is 1.47. The maximum absolute atomic E-state index is 11.6. The Morgan fingerprint density at radius 3 is 2.56 bits per heavy atom. The summed E-state index contributed by atoms with van der Waals surface area (Å²) in [4.78, 5) is 25.6. The lowest BCUT2D eigenvalue weighted by Gasteiger charge is -1.97. The highest BCUT2D eigenvalue weighted by atomic mass is 35.5. The van der Waals surface area contributed by atoms with E-state index in [9.17, 15) is 9.59 Å². The summed E-state index contributed by atoms with van der Waals surface area (Å²) in [6.45, 7) is 4.00. The number of nitrogens with one attached hydrogen (secondary N) is 1. The number of aromatic nitrogens is 1. The minimum atomic E-state index is -0.888. The van der Waals surface area contributed by atoms with Crippen LogP contribution in [0.15, 0.2) is 24.4 Å². The minimum absolute atomic E-state index is 0.268. The zero-order chi connectivity index (χ0) is 13.7. The van der Waals surface area contributed by atoms with Gasteiger partial charge in [-0.15, -0.1) is 0 Å². The van der Waals surface area contributed by atoms with Crippen LogP contribution in [0.4, 0.5) is 0 Å². The molecule has 18 heavy (non-hydrogen) atoms. The van der Waals surface area contributed by atoms with Crippen LogP contribution in [0.2, 0.25) is 5.02 Å². The van der Waals surface area contributed by atoms with Gasteiger partial charge in [0.25, 0.3) is 5.78 Å². The Kier molecular flexibility index (Phi) is 4.92. The van der Waals surface area contributed by atoms with Crippen molar-refractivity contribution in [2.24, 2.45) is 0 Å². The van der Waals surface area contributed by atoms with Gasteiger partial charge in [0.05, 0.1) is 12.7 Å². The predicted octanol–water partition coefficient (Wildman–Crippen LogP) is 3.20. The third-order valence-electron chi connectivity index (χ3n) is 2.26. The molecule has 2 rings (SSSR count). The fourth-order valence-corrected chi connectivity index (χ4v) is 1.66. The summed E-state index contributed by atoms with van der Waals surface area (Å²) >= 11 is 5.82. The highest BCUT2D eigenvalue weighted by Gasteiger charge is 2.20. The SMILES string of the molecule is CC.COC(=O)C(=O)c1c[nH]c2ccc(Cl)cc12. The molecular weight excluding hydrogens is 254 g/mol. The van der Waals surface area contributed by atoms with E-state index in [0.717, 1.165) is 5.52 Å². The number of benzene rings is 1. The summed E-state index contributed by atoms with van der Waals surface area (Å²) in [5.41, 5.74) is 1.01. The van der Waals surface area contributed by atoms with Crippen molar-refractivity contribution >= 4 is 34.3 Å². The van der Waals surface area contributed by atoms with Crippen LogP contribution in [0.25, 0.3) is 10.9 Å². The van der Waals surface area contributed by atoms with Crippen LogP contribution in [0, 0.1) is 0 Å². The van der Waals surface area contributed by atoms with Gasteiger partial charge in [0.2, 0.25) is 0 Å². The predicted molar refractivity (Wildman–Crippen MR) is 71.0 cm³/mol. The number of fused-ring (bicyclic) bond motifs is 1. The minimum Gasteiger partial charge on any atom is -0.463 e. The van der Waals surface area contributed by atoms with Crippen LogP contribution in [0.5, 0.6) is 0 Å². The summed E-state index contributed by atoms with van der Waals surface area (Å²) in [6, 6.07) is 5.07. The lowest BCUT2D eigenvalue weighted by atomic mass is 10.1. The lowest BCUT2D eigenvalue weighted by Crippen LogP contribution is -2.15. The third kappa shape index (κ3) is 2.71. The fourth-order valence-electron chi connectivity index (χ4n) is 1.48. The van der Waals surface area contributed by atoms with E-state index in [4.69, 9.17) is 11.6 Å². The molecule has 0 fully saturated rings. The number of halogens is 1. The Balaban J connectivity index is 0.000000771. The van der Waals surface area contributed by atoms with Crippen molar-refractivity contribution in [1.29, 1.82) is 0 Å². The zero-order valence-corrected chi connectivity index (χ0v) is 11.2. The van der Waals surface area contributed by atoms with E-state index in [1.54, 1.807) is 18.2 Å². The molecule has 0 aliphatic rings. The Morgan fingerprint density at radius 1 is 1.28 bits per heavy atom. The van der Waals surface area contributed by atoms with Crippen LogP contribution >= 0.6 is 11.6 Å². The highest BCUT2D eigenvalue weighted by Crippen LogP contribution is 2.22. The van der Waals surface area contributed by atoms with Gasteiger partial charge < -0.3 is 9.72 Å². The second kappa shape index (κ2) is 6.21. The molecule has 2 aromatic rings. The summed E-state index contributed by atoms with van der Waals surface area (Å²) in [7, 11) is 1.17. The van der Waals surface area contributed by atoms with Crippen molar-refractivity contribution < 1.29 is 14.3 Å². The second-order valence-corrected chi connectivity index (χ2v) is 3.65. The fraction of sp³-hybridized carbons (Fsp3) is 0.231. The van der Waals surface area contributed by atoms with Crippen LogP contribution < -0.4 is 0 Å². The van der Waals surface area contributed by atoms with Gasteiger partial charge >= 0.3 is 5.97 Å². The molecule has 96 valence electrons. The van der Waals surface area contributed by atoms with Crippen molar-refractivity contribution in [1.82, 2.24) is 4.98 Å². The van der Waals surface area contributed by atoms with Gasteiger partial charge in [-0.3, -0.25) is 4.79 Å². The first-order chi connectivity index (χ1) is 8.63. The van der Waals surface area contributed by atoms with Crippen molar-refractivity contribution in [3.63, 3.8) is 0 Å². The van der Waals surface area contributed by atoms with E-state index in [1.807, 2.05) is 13.8 Å². The normalized spacial score (nSPS) is 9.56. The van der Waals surface area contributed by atoms with Crippen molar-refractivity contribution in [2.75, 3.05) is 7.11 Å². The van der Waals surface area contributed by atoms with E-state index in [1.165, 1.54) is 13.3 Å². The number of esters is 1. The third-order valence-corrected chi connectivity index (χ3v) is 2.49. The van der Waals surface area contributed by atoms with Crippen LogP contribution in [0.1, 0.15) is 24.2 Å². The van der Waals surface area contributed by atoms with Crippen LogP contribution in [-0.4, -0.2) is 23.8 Å². The van der Waals surface area contributed by atoms with E-state index in [-0.39, 0.29) is 5.56 Å². The number of hydrogen-bond donors (Lipinski definition) is 1. The molecule has 1 N–H and O–H groups in total. The molecule has 0 saturated heterocycles. The molecule has 0 spiro atoms. The number of methoxy groups -OCH3 is 1. The Labute approximate surface area is 110 Å². The molecule has 1 aromatic carbocycles. The quantitative estimate of drug-likeness (QED) is 0.516. The van der Waals surface area contributed by atoms with E-state index in [0.29, 0.717) is 10.4 Å². The second-order valence-electron chi connectivity index (χ2n) is 3.21. The molecule has 1 aromatic heterocycles. The van der Waals surface area contributed by atoms with Crippen molar-refractivity contribution in [3.05, 3.63) is 35.0 Å². The maximum Gasteiger partial charge on any atom is 0.379 e. The average Bonchev–Trinajstić information content (AvgIpc) is 2.82. The number of H-pyrrole nitrogens is 1. The molecular formula is C13H14ClNO3. The van der Waals surface area contributed by atoms with Gasteiger partial charge in [-0.1, -0.05) is 25.4 Å². The topological polar surface area (TPSA) is 59.2 Å².